The number of aromatic nitrogens is 2. The number of hydrogen-bond acceptors (Lipinski definition) is 6. The summed E-state index contributed by atoms with van der Waals surface area (Å²) in [5.41, 5.74) is 0.765. The maximum absolute atomic E-state index is 10.8. The van der Waals surface area contributed by atoms with Crippen molar-refractivity contribution in [1.29, 1.82) is 0 Å². The molecule has 7 nitrogen and oxygen atoms in total. The standard InChI is InChI=1S/C9H16N4O3S/c1-16-6-8-5-9(12-7-11-8)10-3-4-13-17(2,14)15/h5,7,13H,3-4,6H2,1-2H3,(H,10,11,12). The van der Waals surface area contributed by atoms with Gasteiger partial charge in [0, 0.05) is 26.3 Å². The fourth-order valence-electron chi connectivity index (χ4n) is 1.15. The van der Waals surface area contributed by atoms with Crippen LogP contribution in [0.1, 0.15) is 5.69 Å². The highest BCUT2D eigenvalue weighted by Crippen LogP contribution is 2.03. The second-order valence-corrected chi connectivity index (χ2v) is 5.25. The van der Waals surface area contributed by atoms with E-state index in [4.69, 9.17) is 4.74 Å². The van der Waals surface area contributed by atoms with E-state index in [1.54, 1.807) is 13.2 Å². The number of methoxy groups -OCH3 is 1. The molecule has 96 valence electrons. The summed E-state index contributed by atoms with van der Waals surface area (Å²) in [6.07, 6.45) is 2.55. The third kappa shape index (κ3) is 6.15. The van der Waals surface area contributed by atoms with Crippen LogP contribution in [0.2, 0.25) is 0 Å². The van der Waals surface area contributed by atoms with E-state index in [9.17, 15) is 8.42 Å². The molecule has 0 saturated carbocycles. The number of ether oxygens (including phenoxy) is 1. The summed E-state index contributed by atoms with van der Waals surface area (Å²) < 4.78 is 28.9. The van der Waals surface area contributed by atoms with Crippen molar-refractivity contribution in [2.45, 2.75) is 6.61 Å². The Labute approximate surface area is 101 Å². The first kappa shape index (κ1) is 13.8. The van der Waals surface area contributed by atoms with Crippen molar-refractivity contribution in [3.8, 4) is 0 Å². The van der Waals surface area contributed by atoms with Gasteiger partial charge in [0.25, 0.3) is 0 Å². The molecule has 1 aromatic rings. The van der Waals surface area contributed by atoms with Gasteiger partial charge in [0.2, 0.25) is 10.0 Å². The second kappa shape index (κ2) is 6.48. The Morgan fingerprint density at radius 1 is 1.35 bits per heavy atom. The molecule has 1 heterocycles. The molecule has 2 N–H and O–H groups in total. The van der Waals surface area contributed by atoms with Crippen molar-refractivity contribution in [2.24, 2.45) is 0 Å². The van der Waals surface area contributed by atoms with E-state index >= 15 is 0 Å². The van der Waals surface area contributed by atoms with Gasteiger partial charge in [0.15, 0.2) is 0 Å². The topological polar surface area (TPSA) is 93.2 Å². The van der Waals surface area contributed by atoms with Crippen molar-refractivity contribution in [2.75, 3.05) is 31.8 Å². The van der Waals surface area contributed by atoms with Gasteiger partial charge in [-0.05, 0) is 0 Å². The monoisotopic (exact) mass is 260 g/mol. The van der Waals surface area contributed by atoms with Crippen molar-refractivity contribution in [1.82, 2.24) is 14.7 Å². The normalized spacial score (nSPS) is 11.4. The lowest BCUT2D eigenvalue weighted by molar-refractivity contribution is 0.181. The van der Waals surface area contributed by atoms with Gasteiger partial charge in [-0.3, -0.25) is 0 Å². The molecule has 1 rings (SSSR count). The molecule has 0 fully saturated rings. The Balaban J connectivity index is 2.38. The minimum atomic E-state index is -3.14. The zero-order valence-electron chi connectivity index (χ0n) is 9.80. The third-order valence-corrected chi connectivity index (χ3v) is 2.54. The predicted octanol–water partition coefficient (Wildman–Crippen LogP) is -0.416. The van der Waals surface area contributed by atoms with Crippen LogP contribution in [0.5, 0.6) is 0 Å². The quantitative estimate of drug-likeness (QED) is 0.647. The fraction of sp³-hybridized carbons (Fsp3) is 0.556. The van der Waals surface area contributed by atoms with E-state index in [1.165, 1.54) is 6.33 Å². The second-order valence-electron chi connectivity index (χ2n) is 3.42. The first-order chi connectivity index (χ1) is 8.01. The summed E-state index contributed by atoms with van der Waals surface area (Å²) >= 11 is 0. The largest absolute Gasteiger partial charge is 0.378 e. The smallest absolute Gasteiger partial charge is 0.208 e. The van der Waals surface area contributed by atoms with Crippen LogP contribution in [0.3, 0.4) is 0 Å². The van der Waals surface area contributed by atoms with Crippen LogP contribution >= 0.6 is 0 Å². The van der Waals surface area contributed by atoms with Crippen LogP contribution in [0.25, 0.3) is 0 Å². The molecule has 17 heavy (non-hydrogen) atoms. The Kier molecular flexibility index (Phi) is 5.26. The molecule has 0 saturated heterocycles. The SMILES string of the molecule is COCc1cc(NCCNS(C)(=O)=O)ncn1. The molecular weight excluding hydrogens is 244 g/mol. The molecule has 0 bridgehead atoms. The minimum Gasteiger partial charge on any atom is -0.378 e. The van der Waals surface area contributed by atoms with Gasteiger partial charge in [0.05, 0.1) is 18.6 Å². The summed E-state index contributed by atoms with van der Waals surface area (Å²) in [5.74, 6) is 0.641. The molecule has 0 aliphatic heterocycles. The highest BCUT2D eigenvalue weighted by Gasteiger charge is 2.00. The number of nitrogens with one attached hydrogen (secondary N) is 2. The Morgan fingerprint density at radius 3 is 2.76 bits per heavy atom. The van der Waals surface area contributed by atoms with Crippen LogP contribution in [0.4, 0.5) is 5.82 Å². The Morgan fingerprint density at radius 2 is 2.12 bits per heavy atom. The van der Waals surface area contributed by atoms with E-state index < -0.39 is 10.0 Å². The molecule has 0 aliphatic rings. The maximum Gasteiger partial charge on any atom is 0.208 e. The van der Waals surface area contributed by atoms with Crippen molar-refractivity contribution >= 4 is 15.8 Å². The molecular formula is C9H16N4O3S. The van der Waals surface area contributed by atoms with Crippen LogP contribution < -0.4 is 10.0 Å². The lowest BCUT2D eigenvalue weighted by Crippen LogP contribution is -2.27. The highest BCUT2D eigenvalue weighted by molar-refractivity contribution is 7.88. The molecule has 0 radical (unpaired) electrons. The molecule has 0 unspecified atom stereocenters. The van der Waals surface area contributed by atoms with Crippen LogP contribution in [0.15, 0.2) is 12.4 Å². The molecule has 0 atom stereocenters. The van der Waals surface area contributed by atoms with Gasteiger partial charge in [0.1, 0.15) is 12.1 Å². The van der Waals surface area contributed by atoms with Crippen LogP contribution in [-0.2, 0) is 21.4 Å². The van der Waals surface area contributed by atoms with Crippen molar-refractivity contribution in [3.63, 3.8) is 0 Å². The van der Waals surface area contributed by atoms with Gasteiger partial charge in [-0.1, -0.05) is 0 Å². The number of anilines is 1. The molecule has 8 heteroatoms. The van der Waals surface area contributed by atoms with E-state index in [0.717, 1.165) is 11.9 Å². The fourth-order valence-corrected chi connectivity index (χ4v) is 1.62. The number of sulfonamides is 1. The minimum absolute atomic E-state index is 0.308. The summed E-state index contributed by atoms with van der Waals surface area (Å²) in [5, 5.41) is 2.98. The summed E-state index contributed by atoms with van der Waals surface area (Å²) in [6.45, 7) is 1.18. The molecule has 0 aromatic carbocycles. The van der Waals surface area contributed by atoms with E-state index in [1.807, 2.05) is 0 Å². The van der Waals surface area contributed by atoms with Gasteiger partial charge in [-0.15, -0.1) is 0 Å². The van der Waals surface area contributed by atoms with E-state index in [0.29, 0.717) is 25.5 Å². The first-order valence-corrected chi connectivity index (χ1v) is 6.89. The number of nitrogens with zero attached hydrogens (tertiary/aromatic N) is 2. The average Bonchev–Trinajstić information content (AvgIpc) is 2.24. The van der Waals surface area contributed by atoms with Crippen LogP contribution in [-0.4, -0.2) is 44.8 Å². The van der Waals surface area contributed by atoms with Crippen molar-refractivity contribution in [3.05, 3.63) is 18.1 Å². The highest BCUT2D eigenvalue weighted by atomic mass is 32.2. The van der Waals surface area contributed by atoms with E-state index in [2.05, 4.69) is 20.0 Å². The Bertz CT molecular complexity index is 449. The predicted molar refractivity (Wildman–Crippen MR) is 64.1 cm³/mol. The van der Waals surface area contributed by atoms with Gasteiger partial charge >= 0.3 is 0 Å². The Hall–Kier alpha value is -1.25. The van der Waals surface area contributed by atoms with Gasteiger partial charge in [-0.25, -0.2) is 23.1 Å². The number of hydrogen-bond donors (Lipinski definition) is 2. The van der Waals surface area contributed by atoms with E-state index in [-0.39, 0.29) is 0 Å². The molecule has 0 amide bonds. The first-order valence-electron chi connectivity index (χ1n) is 4.99. The average molecular weight is 260 g/mol. The lowest BCUT2D eigenvalue weighted by atomic mass is 10.4. The molecule has 1 aromatic heterocycles. The molecule has 0 spiro atoms. The zero-order chi connectivity index (χ0) is 12.7. The number of rotatable bonds is 7. The summed E-state index contributed by atoms with van der Waals surface area (Å²) in [7, 11) is -1.55. The van der Waals surface area contributed by atoms with Crippen molar-refractivity contribution < 1.29 is 13.2 Å². The summed E-state index contributed by atoms with van der Waals surface area (Å²) in [4.78, 5) is 8.01. The lowest BCUT2D eigenvalue weighted by Gasteiger charge is -2.06. The third-order valence-electron chi connectivity index (χ3n) is 1.81. The van der Waals surface area contributed by atoms with Crippen LogP contribution in [0, 0.1) is 0 Å². The summed E-state index contributed by atoms with van der Waals surface area (Å²) in [6, 6.07) is 1.75. The van der Waals surface area contributed by atoms with Gasteiger partial charge < -0.3 is 10.1 Å². The molecule has 0 aliphatic carbocycles. The zero-order valence-corrected chi connectivity index (χ0v) is 10.6. The van der Waals surface area contributed by atoms with Gasteiger partial charge in [-0.2, -0.15) is 0 Å². The maximum atomic E-state index is 10.8.